The quantitative estimate of drug-likeness (QED) is 0.798. The van der Waals surface area contributed by atoms with E-state index in [1.807, 2.05) is 44.4 Å². The second-order valence-electron chi connectivity index (χ2n) is 6.79. The van der Waals surface area contributed by atoms with E-state index in [2.05, 4.69) is 25.4 Å². The van der Waals surface area contributed by atoms with E-state index in [0.29, 0.717) is 10.6 Å². The zero-order valence-corrected chi connectivity index (χ0v) is 16.5. The molecule has 1 aromatic carbocycles. The van der Waals surface area contributed by atoms with E-state index in [9.17, 15) is 4.79 Å². The molecule has 1 unspecified atom stereocenters. The lowest BCUT2D eigenvalue weighted by molar-refractivity contribution is 0.0928. The lowest BCUT2D eigenvalue weighted by Crippen LogP contribution is -2.51. The summed E-state index contributed by atoms with van der Waals surface area (Å²) < 4.78 is 0. The predicted molar refractivity (Wildman–Crippen MR) is 111 cm³/mol. The summed E-state index contributed by atoms with van der Waals surface area (Å²) in [7, 11) is 1.82. The Morgan fingerprint density at radius 2 is 2.00 bits per heavy atom. The Kier molecular flexibility index (Phi) is 6.53. The van der Waals surface area contributed by atoms with Crippen molar-refractivity contribution in [2.45, 2.75) is 13.0 Å². The first-order valence-electron chi connectivity index (χ1n) is 9.23. The van der Waals surface area contributed by atoms with Crippen LogP contribution in [-0.4, -0.2) is 61.6 Å². The zero-order chi connectivity index (χ0) is 19.2. The SMILES string of the molecule is CNc1ccc(C(=O)NC(C)CN2CCN(c3ccccn3)CC2)c(Cl)c1. The number of carbonyl (C=O) groups is 1. The van der Waals surface area contributed by atoms with Gasteiger partial charge in [-0.2, -0.15) is 0 Å². The summed E-state index contributed by atoms with van der Waals surface area (Å²) in [5, 5.41) is 6.52. The summed E-state index contributed by atoms with van der Waals surface area (Å²) >= 11 is 6.23. The zero-order valence-electron chi connectivity index (χ0n) is 15.8. The molecule has 0 radical (unpaired) electrons. The number of aromatic nitrogens is 1. The number of halogens is 1. The minimum absolute atomic E-state index is 0.0407. The molecule has 144 valence electrons. The fourth-order valence-electron chi connectivity index (χ4n) is 3.29. The second-order valence-corrected chi connectivity index (χ2v) is 7.20. The van der Waals surface area contributed by atoms with Crippen LogP contribution in [0.25, 0.3) is 0 Å². The Morgan fingerprint density at radius 3 is 2.63 bits per heavy atom. The second kappa shape index (κ2) is 9.06. The molecule has 7 heteroatoms. The van der Waals surface area contributed by atoms with Gasteiger partial charge in [-0.3, -0.25) is 9.69 Å². The van der Waals surface area contributed by atoms with Crippen LogP contribution in [0.5, 0.6) is 0 Å². The Bertz CT molecular complexity index is 762. The first kappa shape index (κ1) is 19.5. The molecule has 2 N–H and O–H groups in total. The topological polar surface area (TPSA) is 60.5 Å². The lowest BCUT2D eigenvalue weighted by Gasteiger charge is -2.36. The van der Waals surface area contributed by atoms with Crippen LogP contribution in [0.15, 0.2) is 42.6 Å². The molecule has 0 saturated carbocycles. The van der Waals surface area contributed by atoms with Crippen LogP contribution in [0.1, 0.15) is 17.3 Å². The fourth-order valence-corrected chi connectivity index (χ4v) is 3.56. The molecule has 1 atom stereocenters. The van der Waals surface area contributed by atoms with Gasteiger partial charge >= 0.3 is 0 Å². The van der Waals surface area contributed by atoms with Crippen LogP contribution in [0, 0.1) is 0 Å². The minimum atomic E-state index is -0.137. The van der Waals surface area contributed by atoms with Gasteiger partial charge in [-0.15, -0.1) is 0 Å². The summed E-state index contributed by atoms with van der Waals surface area (Å²) in [6.45, 7) is 6.62. The molecule has 27 heavy (non-hydrogen) atoms. The number of amides is 1. The van der Waals surface area contributed by atoms with Gasteiger partial charge in [-0.05, 0) is 37.3 Å². The summed E-state index contributed by atoms with van der Waals surface area (Å²) in [5.41, 5.74) is 1.39. The molecule has 0 aliphatic carbocycles. The molecule has 1 amide bonds. The third kappa shape index (κ3) is 5.11. The van der Waals surface area contributed by atoms with Crippen LogP contribution in [-0.2, 0) is 0 Å². The number of benzene rings is 1. The molecule has 0 spiro atoms. The van der Waals surface area contributed by atoms with Gasteiger partial charge in [-0.25, -0.2) is 4.98 Å². The third-order valence-electron chi connectivity index (χ3n) is 4.76. The molecule has 1 aliphatic heterocycles. The smallest absolute Gasteiger partial charge is 0.253 e. The largest absolute Gasteiger partial charge is 0.388 e. The van der Waals surface area contributed by atoms with E-state index in [1.54, 1.807) is 12.1 Å². The fraction of sp³-hybridized carbons (Fsp3) is 0.400. The summed E-state index contributed by atoms with van der Waals surface area (Å²) in [6.07, 6.45) is 1.83. The molecular formula is C20H26ClN5O. The van der Waals surface area contributed by atoms with Crippen LogP contribution in [0.2, 0.25) is 5.02 Å². The van der Waals surface area contributed by atoms with Gasteiger partial charge in [0.2, 0.25) is 0 Å². The number of nitrogens with one attached hydrogen (secondary N) is 2. The maximum atomic E-state index is 12.5. The van der Waals surface area contributed by atoms with Crippen molar-refractivity contribution in [1.82, 2.24) is 15.2 Å². The number of hydrogen-bond donors (Lipinski definition) is 2. The Labute approximate surface area is 165 Å². The van der Waals surface area contributed by atoms with Crippen LogP contribution in [0.4, 0.5) is 11.5 Å². The van der Waals surface area contributed by atoms with Crippen molar-refractivity contribution in [2.75, 3.05) is 50.0 Å². The van der Waals surface area contributed by atoms with Crippen LogP contribution < -0.4 is 15.5 Å². The number of piperazine rings is 1. The van der Waals surface area contributed by atoms with Crippen LogP contribution >= 0.6 is 11.6 Å². The average Bonchev–Trinajstić information content (AvgIpc) is 2.69. The normalized spacial score (nSPS) is 16.0. The molecular weight excluding hydrogens is 362 g/mol. The first-order chi connectivity index (χ1) is 13.1. The van der Waals surface area contributed by atoms with Crippen molar-refractivity contribution in [3.05, 3.63) is 53.2 Å². The Balaban J connectivity index is 1.48. The van der Waals surface area contributed by atoms with Gasteiger partial charge in [0, 0.05) is 57.7 Å². The van der Waals surface area contributed by atoms with Gasteiger partial charge in [0.25, 0.3) is 5.91 Å². The predicted octanol–water partition coefficient (Wildman–Crippen LogP) is 2.72. The highest BCUT2D eigenvalue weighted by atomic mass is 35.5. The summed E-state index contributed by atoms with van der Waals surface area (Å²) in [5.74, 6) is 0.889. The molecule has 3 rings (SSSR count). The van der Waals surface area contributed by atoms with E-state index in [0.717, 1.165) is 44.2 Å². The van der Waals surface area contributed by atoms with Crippen molar-refractivity contribution in [1.29, 1.82) is 0 Å². The summed E-state index contributed by atoms with van der Waals surface area (Å²) in [6, 6.07) is 11.4. The number of anilines is 2. The Morgan fingerprint density at radius 1 is 1.22 bits per heavy atom. The van der Waals surface area contributed by atoms with Crippen molar-refractivity contribution in [3.63, 3.8) is 0 Å². The number of rotatable bonds is 6. The average molecular weight is 388 g/mol. The van der Waals surface area contributed by atoms with Gasteiger partial charge in [0.05, 0.1) is 10.6 Å². The standard InChI is InChI=1S/C20H26ClN5O/c1-15(24-20(27)17-7-6-16(22-2)13-18(17)21)14-25-9-11-26(12-10-25)19-5-3-4-8-23-19/h3-8,13,15,22H,9-12,14H2,1-2H3,(H,24,27). The van der Waals surface area contributed by atoms with E-state index in [4.69, 9.17) is 11.6 Å². The molecule has 1 aromatic heterocycles. The minimum Gasteiger partial charge on any atom is -0.388 e. The molecule has 1 aliphatic rings. The molecule has 6 nitrogen and oxygen atoms in total. The first-order valence-corrected chi connectivity index (χ1v) is 9.61. The number of hydrogen-bond acceptors (Lipinski definition) is 5. The molecule has 2 heterocycles. The highest BCUT2D eigenvalue weighted by Gasteiger charge is 2.20. The number of nitrogens with zero attached hydrogens (tertiary/aromatic N) is 3. The maximum Gasteiger partial charge on any atom is 0.253 e. The van der Waals surface area contributed by atoms with Crippen LogP contribution in [0.3, 0.4) is 0 Å². The molecule has 0 bridgehead atoms. The molecule has 2 aromatic rings. The monoisotopic (exact) mass is 387 g/mol. The third-order valence-corrected chi connectivity index (χ3v) is 5.07. The number of pyridine rings is 1. The molecule has 1 saturated heterocycles. The summed E-state index contributed by atoms with van der Waals surface area (Å²) in [4.78, 5) is 21.6. The maximum absolute atomic E-state index is 12.5. The number of carbonyl (C=O) groups excluding carboxylic acids is 1. The van der Waals surface area contributed by atoms with Crippen molar-refractivity contribution >= 4 is 29.0 Å². The van der Waals surface area contributed by atoms with E-state index in [-0.39, 0.29) is 11.9 Å². The lowest BCUT2D eigenvalue weighted by atomic mass is 10.1. The highest BCUT2D eigenvalue weighted by Crippen LogP contribution is 2.21. The van der Waals surface area contributed by atoms with Gasteiger partial charge in [0.15, 0.2) is 0 Å². The van der Waals surface area contributed by atoms with E-state index in [1.165, 1.54) is 0 Å². The van der Waals surface area contributed by atoms with Gasteiger partial charge in [-0.1, -0.05) is 17.7 Å². The van der Waals surface area contributed by atoms with Crippen molar-refractivity contribution in [2.24, 2.45) is 0 Å². The Hall–Kier alpha value is -2.31. The van der Waals surface area contributed by atoms with Crippen molar-refractivity contribution < 1.29 is 4.79 Å². The van der Waals surface area contributed by atoms with Gasteiger partial charge < -0.3 is 15.5 Å². The van der Waals surface area contributed by atoms with E-state index >= 15 is 0 Å². The molecule has 1 fully saturated rings. The van der Waals surface area contributed by atoms with Gasteiger partial charge in [0.1, 0.15) is 5.82 Å². The van der Waals surface area contributed by atoms with Crippen molar-refractivity contribution in [3.8, 4) is 0 Å². The van der Waals surface area contributed by atoms with E-state index < -0.39 is 0 Å². The highest BCUT2D eigenvalue weighted by molar-refractivity contribution is 6.34.